The van der Waals surface area contributed by atoms with Gasteiger partial charge in [0.25, 0.3) is 11.6 Å². The number of benzene rings is 2. The molecule has 1 amide bonds. The van der Waals surface area contributed by atoms with Crippen LogP contribution in [0.3, 0.4) is 0 Å². The van der Waals surface area contributed by atoms with Gasteiger partial charge in [-0.1, -0.05) is 18.2 Å². The Bertz CT molecular complexity index is 1000. The van der Waals surface area contributed by atoms with Crippen molar-refractivity contribution in [3.8, 4) is 5.69 Å². The Morgan fingerprint density at radius 1 is 1.14 bits per heavy atom. The SMILES string of the molecule is O=C(NC[C@H]1CCN(c2ccccc2)C1)c1cnn(-c2ccc([N+](=O)[O-])cc2)c1. The number of aromatic nitrogens is 2. The number of nitrogens with one attached hydrogen (secondary N) is 1. The molecule has 1 saturated heterocycles. The van der Waals surface area contributed by atoms with Crippen molar-refractivity contribution in [3.05, 3.63) is 82.7 Å². The lowest BCUT2D eigenvalue weighted by Crippen LogP contribution is -2.30. The van der Waals surface area contributed by atoms with Crippen molar-refractivity contribution in [3.63, 3.8) is 0 Å². The van der Waals surface area contributed by atoms with Gasteiger partial charge in [0.2, 0.25) is 0 Å². The molecule has 1 N–H and O–H groups in total. The third-order valence-corrected chi connectivity index (χ3v) is 5.13. The Balaban J connectivity index is 1.32. The van der Waals surface area contributed by atoms with Crippen LogP contribution in [0.1, 0.15) is 16.8 Å². The number of carbonyl (C=O) groups excluding carboxylic acids is 1. The number of hydrogen-bond donors (Lipinski definition) is 1. The second-order valence-corrected chi connectivity index (χ2v) is 7.09. The highest BCUT2D eigenvalue weighted by atomic mass is 16.6. The van der Waals surface area contributed by atoms with Crippen LogP contribution >= 0.6 is 0 Å². The van der Waals surface area contributed by atoms with Gasteiger partial charge in [-0.3, -0.25) is 14.9 Å². The zero-order chi connectivity index (χ0) is 20.2. The van der Waals surface area contributed by atoms with Gasteiger partial charge in [0.05, 0.1) is 22.4 Å². The van der Waals surface area contributed by atoms with Gasteiger partial charge in [0.15, 0.2) is 0 Å². The van der Waals surface area contributed by atoms with E-state index in [0.29, 0.717) is 23.7 Å². The van der Waals surface area contributed by atoms with Crippen LogP contribution in [0.2, 0.25) is 0 Å². The third kappa shape index (κ3) is 4.26. The quantitative estimate of drug-likeness (QED) is 0.515. The van der Waals surface area contributed by atoms with E-state index in [9.17, 15) is 14.9 Å². The van der Waals surface area contributed by atoms with E-state index in [4.69, 9.17) is 0 Å². The number of anilines is 1. The Morgan fingerprint density at radius 2 is 1.90 bits per heavy atom. The van der Waals surface area contributed by atoms with Crippen molar-refractivity contribution in [1.29, 1.82) is 0 Å². The first-order chi connectivity index (χ1) is 14.1. The van der Waals surface area contributed by atoms with E-state index in [1.807, 2.05) is 18.2 Å². The third-order valence-electron chi connectivity index (χ3n) is 5.13. The predicted molar refractivity (Wildman–Crippen MR) is 109 cm³/mol. The van der Waals surface area contributed by atoms with Crippen molar-refractivity contribution in [2.24, 2.45) is 5.92 Å². The van der Waals surface area contributed by atoms with Gasteiger partial charge in [0, 0.05) is 43.7 Å². The lowest BCUT2D eigenvalue weighted by atomic mass is 10.1. The van der Waals surface area contributed by atoms with Gasteiger partial charge in [0.1, 0.15) is 0 Å². The Labute approximate surface area is 167 Å². The molecule has 0 saturated carbocycles. The topological polar surface area (TPSA) is 93.3 Å². The number of amides is 1. The summed E-state index contributed by atoms with van der Waals surface area (Å²) in [7, 11) is 0. The fraction of sp³-hybridized carbons (Fsp3) is 0.238. The first-order valence-corrected chi connectivity index (χ1v) is 9.48. The number of nitro groups is 1. The standard InChI is InChI=1S/C21H21N5O3/c27-21(22-12-16-10-11-24(14-16)18-4-2-1-3-5-18)17-13-23-25(15-17)19-6-8-20(9-7-19)26(28)29/h1-9,13,15-16H,10-12,14H2,(H,22,27)/t16-/m1/s1. The van der Waals surface area contributed by atoms with Crippen LogP contribution < -0.4 is 10.2 Å². The van der Waals surface area contributed by atoms with Crippen molar-refractivity contribution < 1.29 is 9.72 Å². The van der Waals surface area contributed by atoms with E-state index >= 15 is 0 Å². The summed E-state index contributed by atoms with van der Waals surface area (Å²) in [5.41, 5.74) is 2.34. The summed E-state index contributed by atoms with van der Waals surface area (Å²) in [4.78, 5) is 25.1. The molecule has 1 atom stereocenters. The average Bonchev–Trinajstić information content (AvgIpc) is 3.43. The van der Waals surface area contributed by atoms with Crippen LogP contribution in [0.4, 0.5) is 11.4 Å². The van der Waals surface area contributed by atoms with Gasteiger partial charge in [-0.05, 0) is 36.6 Å². The minimum absolute atomic E-state index is 0.0139. The molecule has 1 fully saturated rings. The van der Waals surface area contributed by atoms with Crippen LogP contribution in [0, 0.1) is 16.0 Å². The summed E-state index contributed by atoms with van der Waals surface area (Å²) in [5.74, 6) is 0.236. The van der Waals surface area contributed by atoms with Crippen molar-refractivity contribution in [2.45, 2.75) is 6.42 Å². The van der Waals surface area contributed by atoms with E-state index in [-0.39, 0.29) is 11.6 Å². The van der Waals surface area contributed by atoms with Gasteiger partial charge >= 0.3 is 0 Å². The molecule has 2 heterocycles. The maximum atomic E-state index is 12.5. The van der Waals surface area contributed by atoms with Crippen LogP contribution in [0.25, 0.3) is 5.69 Å². The first-order valence-electron chi connectivity index (χ1n) is 9.48. The highest BCUT2D eigenvalue weighted by Crippen LogP contribution is 2.23. The lowest BCUT2D eigenvalue weighted by molar-refractivity contribution is -0.384. The summed E-state index contributed by atoms with van der Waals surface area (Å²) in [5, 5.41) is 17.9. The summed E-state index contributed by atoms with van der Waals surface area (Å²) in [6, 6.07) is 16.3. The molecule has 0 unspecified atom stereocenters. The molecule has 148 valence electrons. The molecule has 8 nitrogen and oxygen atoms in total. The van der Waals surface area contributed by atoms with Crippen LogP contribution in [-0.2, 0) is 0 Å². The number of rotatable bonds is 6. The summed E-state index contributed by atoms with van der Waals surface area (Å²) in [6.45, 7) is 2.53. The van der Waals surface area contributed by atoms with Gasteiger partial charge in [-0.25, -0.2) is 4.68 Å². The zero-order valence-corrected chi connectivity index (χ0v) is 15.8. The second-order valence-electron chi connectivity index (χ2n) is 7.09. The van der Waals surface area contributed by atoms with Gasteiger partial charge < -0.3 is 10.2 Å². The highest BCUT2D eigenvalue weighted by Gasteiger charge is 2.23. The largest absolute Gasteiger partial charge is 0.371 e. The maximum Gasteiger partial charge on any atom is 0.269 e. The number of hydrogen-bond acceptors (Lipinski definition) is 5. The highest BCUT2D eigenvalue weighted by molar-refractivity contribution is 5.93. The van der Waals surface area contributed by atoms with E-state index in [1.165, 1.54) is 28.7 Å². The summed E-state index contributed by atoms with van der Waals surface area (Å²) >= 11 is 0. The summed E-state index contributed by atoms with van der Waals surface area (Å²) < 4.78 is 1.53. The molecule has 29 heavy (non-hydrogen) atoms. The van der Waals surface area contributed by atoms with Crippen molar-refractivity contribution in [1.82, 2.24) is 15.1 Å². The van der Waals surface area contributed by atoms with Gasteiger partial charge in [-0.15, -0.1) is 0 Å². The van der Waals surface area contributed by atoms with Crippen LogP contribution in [0.5, 0.6) is 0 Å². The van der Waals surface area contributed by atoms with Crippen LogP contribution in [-0.4, -0.2) is 40.2 Å². The minimum atomic E-state index is -0.451. The fourth-order valence-electron chi connectivity index (χ4n) is 3.52. The van der Waals surface area contributed by atoms with E-state index in [0.717, 1.165) is 19.5 Å². The molecule has 0 bridgehead atoms. The van der Waals surface area contributed by atoms with E-state index in [2.05, 4.69) is 27.4 Å². The number of carbonyl (C=O) groups is 1. The van der Waals surface area contributed by atoms with E-state index in [1.54, 1.807) is 18.3 Å². The molecular formula is C21H21N5O3. The molecule has 1 aliphatic rings. The number of nitrogens with zero attached hydrogens (tertiary/aromatic N) is 4. The molecule has 1 aromatic heterocycles. The van der Waals surface area contributed by atoms with Gasteiger partial charge in [-0.2, -0.15) is 5.10 Å². The molecule has 0 aliphatic carbocycles. The Morgan fingerprint density at radius 3 is 2.62 bits per heavy atom. The maximum absolute atomic E-state index is 12.5. The zero-order valence-electron chi connectivity index (χ0n) is 15.8. The average molecular weight is 391 g/mol. The number of nitro benzene ring substituents is 1. The van der Waals surface area contributed by atoms with Crippen molar-refractivity contribution >= 4 is 17.3 Å². The Hall–Kier alpha value is -3.68. The normalized spacial score (nSPS) is 16.0. The number of para-hydroxylation sites is 1. The van der Waals surface area contributed by atoms with Crippen LogP contribution in [0.15, 0.2) is 67.0 Å². The molecule has 2 aromatic carbocycles. The molecule has 1 aliphatic heterocycles. The minimum Gasteiger partial charge on any atom is -0.371 e. The summed E-state index contributed by atoms with van der Waals surface area (Å²) in [6.07, 6.45) is 4.17. The molecule has 3 aromatic rings. The monoisotopic (exact) mass is 391 g/mol. The Kier molecular flexibility index (Phi) is 5.24. The predicted octanol–water partition coefficient (Wildman–Crippen LogP) is 3.04. The molecular weight excluding hydrogens is 370 g/mol. The lowest BCUT2D eigenvalue weighted by Gasteiger charge is -2.18. The number of non-ortho nitro benzene ring substituents is 1. The molecule has 8 heteroatoms. The first kappa shape index (κ1) is 18.7. The smallest absolute Gasteiger partial charge is 0.269 e. The molecule has 0 radical (unpaired) electrons. The van der Waals surface area contributed by atoms with Crippen molar-refractivity contribution in [2.75, 3.05) is 24.5 Å². The fourth-order valence-corrected chi connectivity index (χ4v) is 3.52. The molecule has 0 spiro atoms. The van der Waals surface area contributed by atoms with E-state index < -0.39 is 4.92 Å². The molecule has 4 rings (SSSR count). The second kappa shape index (κ2) is 8.14.